The van der Waals surface area contributed by atoms with Gasteiger partial charge in [-0.1, -0.05) is 41.7 Å². The maximum atomic E-state index is 11.6. The van der Waals surface area contributed by atoms with Crippen LogP contribution < -0.4 is 14.8 Å². The molecule has 0 spiro atoms. The number of rotatable bonds is 7. The third-order valence-electron chi connectivity index (χ3n) is 5.72. The second-order valence-electron chi connectivity index (χ2n) is 8.13. The van der Waals surface area contributed by atoms with Crippen molar-refractivity contribution in [2.24, 2.45) is 4.99 Å². The first-order valence-electron chi connectivity index (χ1n) is 11.5. The van der Waals surface area contributed by atoms with Gasteiger partial charge in [-0.15, -0.1) is 0 Å². The molecule has 5 rings (SSSR count). The van der Waals surface area contributed by atoms with Gasteiger partial charge in [0.25, 0.3) is 0 Å². The molecule has 0 saturated carbocycles. The first kappa shape index (κ1) is 24.3. The van der Waals surface area contributed by atoms with Crippen molar-refractivity contribution in [2.45, 2.75) is 6.92 Å². The molecule has 186 valence electrons. The van der Waals surface area contributed by atoms with Crippen LogP contribution in [0.25, 0.3) is 33.6 Å². The Bertz CT molecular complexity index is 1620. The Morgan fingerprint density at radius 2 is 1.70 bits per heavy atom. The SMILES string of the molecule is COC(=O)COc1ccc2oc(-c3ccc(OC)cc3)cc(=Nc3nc(-c4ccccc4)c(C)s3)c2c1. The molecular formula is C29H24N2O5S. The van der Waals surface area contributed by atoms with E-state index in [1.165, 1.54) is 18.4 Å². The van der Waals surface area contributed by atoms with E-state index in [0.717, 1.165) is 32.8 Å². The summed E-state index contributed by atoms with van der Waals surface area (Å²) in [6.45, 7) is 1.85. The van der Waals surface area contributed by atoms with Crippen molar-refractivity contribution < 1.29 is 23.4 Å². The molecule has 0 radical (unpaired) electrons. The Labute approximate surface area is 217 Å². The molecule has 0 aliphatic heterocycles. The topological polar surface area (TPSA) is 83.2 Å². The van der Waals surface area contributed by atoms with Gasteiger partial charge in [0.1, 0.15) is 22.8 Å². The number of benzene rings is 3. The number of fused-ring (bicyclic) bond motifs is 1. The maximum absolute atomic E-state index is 11.6. The molecule has 0 atom stereocenters. The van der Waals surface area contributed by atoms with E-state index in [1.54, 1.807) is 25.3 Å². The van der Waals surface area contributed by atoms with Crippen LogP contribution in [-0.4, -0.2) is 31.8 Å². The second kappa shape index (κ2) is 10.7. The molecule has 0 saturated heterocycles. The number of nitrogens with zero attached hydrogens (tertiary/aromatic N) is 2. The Kier molecular flexibility index (Phi) is 7.00. The quantitative estimate of drug-likeness (QED) is 0.237. The van der Waals surface area contributed by atoms with E-state index in [1.807, 2.05) is 67.6 Å². The van der Waals surface area contributed by atoms with Gasteiger partial charge in [-0.25, -0.2) is 14.8 Å². The molecular weight excluding hydrogens is 488 g/mol. The predicted octanol–water partition coefficient (Wildman–Crippen LogP) is 6.32. The van der Waals surface area contributed by atoms with Crippen molar-refractivity contribution in [1.82, 2.24) is 4.98 Å². The number of hydrogen-bond donors (Lipinski definition) is 0. The fraction of sp³-hybridized carbons (Fsp3) is 0.138. The normalized spacial score (nSPS) is 11.5. The fourth-order valence-electron chi connectivity index (χ4n) is 3.83. The summed E-state index contributed by atoms with van der Waals surface area (Å²) in [5.74, 6) is 1.44. The van der Waals surface area contributed by atoms with E-state index in [2.05, 4.69) is 4.74 Å². The van der Waals surface area contributed by atoms with E-state index in [0.29, 0.717) is 27.6 Å². The maximum Gasteiger partial charge on any atom is 0.343 e. The average molecular weight is 513 g/mol. The molecule has 3 aromatic carbocycles. The van der Waals surface area contributed by atoms with Crippen LogP contribution in [-0.2, 0) is 9.53 Å². The molecule has 2 heterocycles. The minimum absolute atomic E-state index is 0.193. The third-order valence-corrected chi connectivity index (χ3v) is 6.59. The number of carbonyl (C=O) groups excluding carboxylic acids is 1. The number of ether oxygens (including phenoxy) is 3. The first-order valence-corrected chi connectivity index (χ1v) is 12.4. The molecule has 0 fully saturated rings. The molecule has 2 aromatic heterocycles. The minimum atomic E-state index is -0.462. The van der Waals surface area contributed by atoms with E-state index in [4.69, 9.17) is 23.9 Å². The minimum Gasteiger partial charge on any atom is -0.497 e. The lowest BCUT2D eigenvalue weighted by molar-refractivity contribution is -0.142. The number of methoxy groups -OCH3 is 2. The molecule has 8 heteroatoms. The summed E-state index contributed by atoms with van der Waals surface area (Å²) >= 11 is 1.52. The van der Waals surface area contributed by atoms with Gasteiger partial charge in [0.2, 0.25) is 5.13 Å². The van der Waals surface area contributed by atoms with Crippen molar-refractivity contribution in [3.63, 3.8) is 0 Å². The van der Waals surface area contributed by atoms with Gasteiger partial charge in [0, 0.05) is 27.5 Å². The monoisotopic (exact) mass is 512 g/mol. The molecule has 0 aliphatic carbocycles. The summed E-state index contributed by atoms with van der Waals surface area (Å²) < 4.78 is 21.8. The van der Waals surface area contributed by atoms with Crippen molar-refractivity contribution in [1.29, 1.82) is 0 Å². The van der Waals surface area contributed by atoms with Gasteiger partial charge in [0.05, 0.1) is 25.3 Å². The Hall–Kier alpha value is -4.43. The zero-order chi connectivity index (χ0) is 25.8. The summed E-state index contributed by atoms with van der Waals surface area (Å²) in [5, 5.41) is 2.03. The smallest absolute Gasteiger partial charge is 0.343 e. The number of thiazole rings is 1. The molecule has 0 bridgehead atoms. The third kappa shape index (κ3) is 5.39. The highest BCUT2D eigenvalue weighted by Gasteiger charge is 2.12. The standard InChI is InChI=1S/C29H24N2O5S/c1-18-28(20-7-5-4-6-8-20)31-29(37-18)30-24-16-26(19-9-11-21(33-2)12-10-19)36-25-14-13-22(15-23(24)25)35-17-27(32)34-3/h4-16H,17H2,1-3H3. The van der Waals surface area contributed by atoms with Gasteiger partial charge >= 0.3 is 5.97 Å². The molecule has 0 aliphatic rings. The van der Waals surface area contributed by atoms with Gasteiger partial charge in [-0.3, -0.25) is 0 Å². The molecule has 0 unspecified atom stereocenters. The molecule has 37 heavy (non-hydrogen) atoms. The van der Waals surface area contributed by atoms with Crippen molar-refractivity contribution in [3.8, 4) is 34.1 Å². The number of esters is 1. The Morgan fingerprint density at radius 1 is 0.946 bits per heavy atom. The van der Waals surface area contributed by atoms with Crippen molar-refractivity contribution in [3.05, 3.63) is 89.1 Å². The van der Waals surface area contributed by atoms with Crippen LogP contribution in [0.15, 0.2) is 88.3 Å². The van der Waals surface area contributed by atoms with Crippen LogP contribution in [0.1, 0.15) is 4.88 Å². The molecule has 5 aromatic rings. The molecule has 0 N–H and O–H groups in total. The van der Waals surface area contributed by atoms with Gasteiger partial charge in [-0.05, 0) is 49.4 Å². The van der Waals surface area contributed by atoms with Crippen LogP contribution in [0.4, 0.5) is 5.13 Å². The zero-order valence-corrected chi connectivity index (χ0v) is 21.4. The first-order chi connectivity index (χ1) is 18.0. The largest absolute Gasteiger partial charge is 0.497 e. The van der Waals surface area contributed by atoms with Crippen molar-refractivity contribution >= 4 is 33.4 Å². The predicted molar refractivity (Wildman–Crippen MR) is 143 cm³/mol. The summed E-state index contributed by atoms with van der Waals surface area (Å²) in [7, 11) is 2.95. The lowest BCUT2D eigenvalue weighted by Gasteiger charge is -2.08. The Balaban J connectivity index is 1.64. The van der Waals surface area contributed by atoms with Crippen molar-refractivity contribution in [2.75, 3.05) is 20.8 Å². The summed E-state index contributed by atoms with van der Waals surface area (Å²) in [6.07, 6.45) is 0. The summed E-state index contributed by atoms with van der Waals surface area (Å²) in [6, 6.07) is 24.9. The second-order valence-corrected chi connectivity index (χ2v) is 9.31. The number of hydrogen-bond acceptors (Lipinski definition) is 8. The highest BCUT2D eigenvalue weighted by atomic mass is 32.1. The number of aromatic nitrogens is 1. The van der Waals surface area contributed by atoms with E-state index >= 15 is 0 Å². The molecule has 7 nitrogen and oxygen atoms in total. The van der Waals surface area contributed by atoms with Crippen LogP contribution >= 0.6 is 11.3 Å². The van der Waals surface area contributed by atoms with Crippen LogP contribution in [0.2, 0.25) is 0 Å². The number of aryl methyl sites for hydroxylation is 1. The lowest BCUT2D eigenvalue weighted by Crippen LogP contribution is -2.12. The lowest BCUT2D eigenvalue weighted by atomic mass is 10.1. The van der Waals surface area contributed by atoms with Gasteiger partial charge in [-0.2, -0.15) is 0 Å². The van der Waals surface area contributed by atoms with Crippen LogP contribution in [0, 0.1) is 6.92 Å². The van der Waals surface area contributed by atoms with Gasteiger partial charge in [0.15, 0.2) is 6.61 Å². The average Bonchev–Trinajstić information content (AvgIpc) is 3.31. The van der Waals surface area contributed by atoms with E-state index in [-0.39, 0.29) is 6.61 Å². The summed E-state index contributed by atoms with van der Waals surface area (Å²) in [4.78, 5) is 22.4. The van der Waals surface area contributed by atoms with Crippen LogP contribution in [0.5, 0.6) is 11.5 Å². The fourth-order valence-corrected chi connectivity index (χ4v) is 4.64. The molecule has 0 amide bonds. The van der Waals surface area contributed by atoms with Crippen LogP contribution in [0.3, 0.4) is 0 Å². The van der Waals surface area contributed by atoms with Gasteiger partial charge < -0.3 is 18.6 Å². The highest BCUT2D eigenvalue weighted by molar-refractivity contribution is 7.15. The zero-order valence-electron chi connectivity index (χ0n) is 20.6. The Morgan fingerprint density at radius 3 is 2.43 bits per heavy atom. The van der Waals surface area contributed by atoms with E-state index < -0.39 is 5.97 Å². The highest BCUT2D eigenvalue weighted by Crippen LogP contribution is 2.32. The number of carbonyl (C=O) groups is 1. The van der Waals surface area contributed by atoms with E-state index in [9.17, 15) is 4.79 Å². The summed E-state index contributed by atoms with van der Waals surface area (Å²) in [5.41, 5.74) is 3.45.